The summed E-state index contributed by atoms with van der Waals surface area (Å²) < 4.78 is 22.8. The lowest BCUT2D eigenvalue weighted by Gasteiger charge is -2.25. The van der Waals surface area contributed by atoms with E-state index in [0.29, 0.717) is 29.8 Å². The van der Waals surface area contributed by atoms with Gasteiger partial charge in [-0.3, -0.25) is 4.90 Å². The number of rotatable bonds is 4. The molecule has 1 aliphatic carbocycles. The third kappa shape index (κ3) is 3.73. The van der Waals surface area contributed by atoms with Crippen molar-refractivity contribution in [2.75, 3.05) is 33.1 Å². The molecule has 1 atom stereocenters. The fraction of sp³-hybridized carbons (Fsp3) is 0.478. The maximum atomic E-state index is 6.37. The molecule has 0 saturated carbocycles. The summed E-state index contributed by atoms with van der Waals surface area (Å²) in [4.78, 5) is 14.7. The van der Waals surface area contributed by atoms with Crippen molar-refractivity contribution in [1.29, 1.82) is 0 Å². The Morgan fingerprint density at radius 2 is 2.03 bits per heavy atom. The van der Waals surface area contributed by atoms with Crippen LogP contribution in [0.25, 0.3) is 10.2 Å². The van der Waals surface area contributed by atoms with Crippen LogP contribution in [0.2, 0.25) is 0 Å². The summed E-state index contributed by atoms with van der Waals surface area (Å²) in [6.45, 7) is 6.59. The molecule has 7 nitrogen and oxygen atoms in total. The average Bonchev–Trinajstić information content (AvgIpc) is 3.37. The molecule has 2 aromatic heterocycles. The van der Waals surface area contributed by atoms with Gasteiger partial charge in [0.1, 0.15) is 16.4 Å². The minimum atomic E-state index is 0.246. The molecule has 1 saturated heterocycles. The number of aromatic nitrogens is 2. The number of hydrogen-bond acceptors (Lipinski definition) is 8. The molecule has 1 aromatic carbocycles. The van der Waals surface area contributed by atoms with Gasteiger partial charge in [0.15, 0.2) is 11.5 Å². The smallest absolute Gasteiger partial charge is 0.231 e. The molecule has 2 aliphatic heterocycles. The van der Waals surface area contributed by atoms with Crippen LogP contribution in [-0.2, 0) is 24.1 Å². The van der Waals surface area contributed by atoms with Crippen molar-refractivity contribution in [2.24, 2.45) is 5.92 Å². The number of benzene rings is 1. The lowest BCUT2D eigenvalue weighted by molar-refractivity contribution is 0.0330. The summed E-state index contributed by atoms with van der Waals surface area (Å²) in [7, 11) is 0. The van der Waals surface area contributed by atoms with Crippen molar-refractivity contribution in [3.8, 4) is 23.1 Å². The summed E-state index contributed by atoms with van der Waals surface area (Å²) in [6.07, 6.45) is 3.36. The fourth-order valence-corrected chi connectivity index (χ4v) is 5.90. The molecule has 162 valence electrons. The first-order valence-electron chi connectivity index (χ1n) is 10.9. The van der Waals surface area contributed by atoms with Gasteiger partial charge in [0, 0.05) is 24.0 Å². The van der Waals surface area contributed by atoms with Gasteiger partial charge in [-0.25, -0.2) is 4.98 Å². The van der Waals surface area contributed by atoms with E-state index in [1.807, 2.05) is 18.2 Å². The second kappa shape index (κ2) is 7.93. The van der Waals surface area contributed by atoms with Crippen molar-refractivity contribution >= 4 is 21.6 Å². The number of nitrogens with zero attached hydrogens (tertiary/aromatic N) is 3. The highest BCUT2D eigenvalue weighted by Gasteiger charge is 2.26. The Hall–Kier alpha value is -2.42. The summed E-state index contributed by atoms with van der Waals surface area (Å²) in [5, 5.41) is 1.08. The van der Waals surface area contributed by atoms with Crippen LogP contribution >= 0.6 is 11.3 Å². The number of morpholine rings is 1. The zero-order valence-corrected chi connectivity index (χ0v) is 18.4. The van der Waals surface area contributed by atoms with Gasteiger partial charge in [0.2, 0.25) is 12.7 Å². The Kier molecular flexibility index (Phi) is 4.93. The van der Waals surface area contributed by atoms with Crippen molar-refractivity contribution < 1.29 is 18.9 Å². The first-order chi connectivity index (χ1) is 15.2. The van der Waals surface area contributed by atoms with Gasteiger partial charge in [0.05, 0.1) is 25.1 Å². The molecule has 3 aromatic rings. The highest BCUT2D eigenvalue weighted by Crippen LogP contribution is 2.43. The Bertz CT molecular complexity index is 1130. The Balaban J connectivity index is 1.40. The summed E-state index contributed by atoms with van der Waals surface area (Å²) in [5.74, 6) is 4.31. The Morgan fingerprint density at radius 3 is 2.94 bits per heavy atom. The molecule has 3 aliphatic rings. The van der Waals surface area contributed by atoms with E-state index in [0.717, 1.165) is 60.9 Å². The molecule has 0 unspecified atom stereocenters. The normalized spacial score (nSPS) is 20.7. The molecule has 4 heterocycles. The van der Waals surface area contributed by atoms with Crippen LogP contribution in [0.1, 0.15) is 29.6 Å². The predicted molar refractivity (Wildman–Crippen MR) is 117 cm³/mol. The van der Waals surface area contributed by atoms with Gasteiger partial charge in [-0.2, -0.15) is 4.98 Å². The Morgan fingerprint density at radius 1 is 1.16 bits per heavy atom. The number of hydrogen-bond donors (Lipinski definition) is 0. The molecule has 0 N–H and O–H groups in total. The van der Waals surface area contributed by atoms with Crippen molar-refractivity contribution in [2.45, 2.75) is 32.7 Å². The minimum absolute atomic E-state index is 0.246. The fourth-order valence-electron chi connectivity index (χ4n) is 4.51. The highest BCUT2D eigenvalue weighted by atomic mass is 32.1. The molecular weight excluding hydrogens is 414 g/mol. The second-order valence-corrected chi connectivity index (χ2v) is 9.57. The van der Waals surface area contributed by atoms with E-state index in [4.69, 9.17) is 28.9 Å². The summed E-state index contributed by atoms with van der Waals surface area (Å²) in [6, 6.07) is 5.66. The van der Waals surface area contributed by atoms with Crippen molar-refractivity contribution in [3.63, 3.8) is 0 Å². The van der Waals surface area contributed by atoms with E-state index in [2.05, 4.69) is 11.8 Å². The van der Waals surface area contributed by atoms with Crippen LogP contribution in [0.4, 0.5) is 0 Å². The van der Waals surface area contributed by atoms with Gasteiger partial charge in [0.25, 0.3) is 0 Å². The zero-order chi connectivity index (χ0) is 20.8. The number of aryl methyl sites for hydroxylation is 1. The van der Waals surface area contributed by atoms with Crippen LogP contribution in [0.15, 0.2) is 18.2 Å². The van der Waals surface area contributed by atoms with Gasteiger partial charge in [-0.15, -0.1) is 11.3 Å². The third-order valence-corrected chi connectivity index (χ3v) is 7.34. The summed E-state index contributed by atoms with van der Waals surface area (Å²) in [5.41, 5.74) is 1.37. The van der Waals surface area contributed by atoms with E-state index in [-0.39, 0.29) is 6.79 Å². The topological polar surface area (TPSA) is 65.9 Å². The van der Waals surface area contributed by atoms with Crippen LogP contribution in [0.5, 0.6) is 23.1 Å². The molecule has 1 fully saturated rings. The molecule has 0 bridgehead atoms. The van der Waals surface area contributed by atoms with E-state index < -0.39 is 0 Å². The number of ether oxygens (including phenoxy) is 4. The maximum Gasteiger partial charge on any atom is 0.231 e. The molecule has 0 radical (unpaired) electrons. The van der Waals surface area contributed by atoms with Gasteiger partial charge in [-0.1, -0.05) is 6.92 Å². The molecule has 8 heteroatoms. The van der Waals surface area contributed by atoms with E-state index in [1.54, 1.807) is 11.3 Å². The third-order valence-electron chi connectivity index (χ3n) is 6.20. The first-order valence-corrected chi connectivity index (χ1v) is 11.7. The second-order valence-electron chi connectivity index (χ2n) is 8.48. The zero-order valence-electron chi connectivity index (χ0n) is 17.6. The standard InChI is InChI=1S/C23H25N3O4S/c1-14-2-4-16-19(10-14)31-23-21(16)22(24-20(25-23)12-26-6-8-27-9-7-26)30-15-3-5-17-18(11-15)29-13-28-17/h3,5,11,14H,2,4,6-10,12-13H2,1H3/t14-/m0/s1. The molecule has 0 spiro atoms. The largest absolute Gasteiger partial charge is 0.454 e. The highest BCUT2D eigenvalue weighted by molar-refractivity contribution is 7.18. The van der Waals surface area contributed by atoms with Crippen LogP contribution in [0, 0.1) is 5.92 Å². The van der Waals surface area contributed by atoms with Crippen molar-refractivity contribution in [1.82, 2.24) is 14.9 Å². The van der Waals surface area contributed by atoms with Crippen molar-refractivity contribution in [3.05, 3.63) is 34.5 Å². The average molecular weight is 440 g/mol. The van der Waals surface area contributed by atoms with Gasteiger partial charge >= 0.3 is 0 Å². The molecule has 6 rings (SSSR count). The van der Waals surface area contributed by atoms with Gasteiger partial charge in [-0.05, 0) is 42.9 Å². The lowest BCUT2D eigenvalue weighted by Crippen LogP contribution is -2.36. The predicted octanol–water partition coefficient (Wildman–Crippen LogP) is 4.17. The summed E-state index contributed by atoms with van der Waals surface area (Å²) >= 11 is 1.81. The van der Waals surface area contributed by atoms with Crippen LogP contribution in [0.3, 0.4) is 0 Å². The molecular formula is C23H25N3O4S. The van der Waals surface area contributed by atoms with Crippen LogP contribution < -0.4 is 14.2 Å². The SMILES string of the molecule is C[C@H]1CCc2c(sc3nc(CN4CCOCC4)nc(Oc4ccc5c(c4)OCO5)c23)C1. The molecule has 0 amide bonds. The number of thiophene rings is 1. The molecule has 31 heavy (non-hydrogen) atoms. The van der Waals surface area contributed by atoms with E-state index in [9.17, 15) is 0 Å². The number of fused-ring (bicyclic) bond motifs is 4. The Labute approximate surface area is 184 Å². The first kappa shape index (κ1) is 19.3. The van der Waals surface area contributed by atoms with E-state index in [1.165, 1.54) is 16.9 Å². The lowest BCUT2D eigenvalue weighted by atomic mass is 9.89. The minimum Gasteiger partial charge on any atom is -0.454 e. The van der Waals surface area contributed by atoms with Crippen LogP contribution in [-0.4, -0.2) is 48.0 Å². The quantitative estimate of drug-likeness (QED) is 0.604. The van der Waals surface area contributed by atoms with Gasteiger partial charge < -0.3 is 18.9 Å². The monoisotopic (exact) mass is 439 g/mol. The maximum absolute atomic E-state index is 6.37. The van der Waals surface area contributed by atoms with E-state index >= 15 is 0 Å².